The zero-order valence-corrected chi connectivity index (χ0v) is 15.8. The molecule has 5 heteroatoms. The molecule has 4 nitrogen and oxygen atoms in total. The summed E-state index contributed by atoms with van der Waals surface area (Å²) in [5.41, 5.74) is 2.36. The van der Waals surface area contributed by atoms with Crippen molar-refractivity contribution in [3.63, 3.8) is 0 Å². The summed E-state index contributed by atoms with van der Waals surface area (Å²) >= 11 is 1.46. The van der Waals surface area contributed by atoms with Gasteiger partial charge in [-0.1, -0.05) is 30.3 Å². The number of carbonyl (C=O) groups excluding carboxylic acids is 2. The fraction of sp³-hybridized carbons (Fsp3) is 0.429. The Morgan fingerprint density at radius 1 is 1.15 bits per heavy atom. The highest BCUT2D eigenvalue weighted by Gasteiger charge is 2.41. The molecular weight excluding hydrogens is 344 g/mol. The Hall–Kier alpha value is -2.14. The van der Waals surface area contributed by atoms with Crippen LogP contribution in [0.25, 0.3) is 0 Å². The Kier molecular flexibility index (Phi) is 4.81. The van der Waals surface area contributed by atoms with Gasteiger partial charge in [0.25, 0.3) is 5.91 Å². The van der Waals surface area contributed by atoms with E-state index in [-0.39, 0.29) is 23.7 Å². The first-order valence-corrected chi connectivity index (χ1v) is 10.2. The molecule has 1 N–H and O–H groups in total. The third kappa shape index (κ3) is 3.54. The lowest BCUT2D eigenvalue weighted by Gasteiger charge is -2.19. The molecule has 4 rings (SSSR count). The highest BCUT2D eigenvalue weighted by atomic mass is 32.1. The predicted molar refractivity (Wildman–Crippen MR) is 103 cm³/mol. The average molecular weight is 369 g/mol. The number of rotatable bonds is 5. The number of hydrogen-bond acceptors (Lipinski definition) is 3. The van der Waals surface area contributed by atoms with Gasteiger partial charge < -0.3 is 10.2 Å². The van der Waals surface area contributed by atoms with E-state index in [1.54, 1.807) is 0 Å². The summed E-state index contributed by atoms with van der Waals surface area (Å²) in [4.78, 5) is 28.3. The molecule has 0 unspecified atom stereocenters. The van der Waals surface area contributed by atoms with Crippen LogP contribution in [0.15, 0.2) is 41.8 Å². The largest absolute Gasteiger partial charge is 0.356 e. The Morgan fingerprint density at radius 2 is 1.96 bits per heavy atom. The Morgan fingerprint density at radius 3 is 2.65 bits per heavy atom. The third-order valence-corrected chi connectivity index (χ3v) is 6.38. The zero-order chi connectivity index (χ0) is 18.1. The molecule has 26 heavy (non-hydrogen) atoms. The minimum Gasteiger partial charge on any atom is -0.356 e. The Labute approximate surface area is 158 Å². The smallest absolute Gasteiger partial charge is 0.263 e. The first-order valence-electron chi connectivity index (χ1n) is 9.29. The van der Waals surface area contributed by atoms with Crippen molar-refractivity contribution >= 4 is 23.2 Å². The van der Waals surface area contributed by atoms with E-state index in [0.717, 1.165) is 11.4 Å². The summed E-state index contributed by atoms with van der Waals surface area (Å²) in [6, 6.07) is 12.0. The normalized spacial score (nSPS) is 22.4. The van der Waals surface area contributed by atoms with Gasteiger partial charge in [-0.15, -0.1) is 11.3 Å². The molecule has 0 spiro atoms. The summed E-state index contributed by atoms with van der Waals surface area (Å²) in [6.07, 6.45) is 2.43. The molecule has 1 aliphatic heterocycles. The van der Waals surface area contributed by atoms with E-state index < -0.39 is 0 Å². The maximum Gasteiger partial charge on any atom is 0.263 e. The van der Waals surface area contributed by atoms with Crippen molar-refractivity contribution in [3.05, 3.63) is 57.8 Å². The van der Waals surface area contributed by atoms with Crippen LogP contribution in [-0.2, 0) is 4.79 Å². The quantitative estimate of drug-likeness (QED) is 0.879. The van der Waals surface area contributed by atoms with Crippen molar-refractivity contribution in [1.82, 2.24) is 10.2 Å². The van der Waals surface area contributed by atoms with E-state index in [0.29, 0.717) is 19.0 Å². The van der Waals surface area contributed by atoms with Crippen molar-refractivity contribution in [3.8, 4) is 0 Å². The van der Waals surface area contributed by atoms with E-state index in [4.69, 9.17) is 0 Å². The van der Waals surface area contributed by atoms with Crippen LogP contribution >= 0.6 is 11.3 Å². The summed E-state index contributed by atoms with van der Waals surface area (Å²) in [5, 5.41) is 5.04. The second kappa shape index (κ2) is 7.23. The first kappa shape index (κ1) is 17.3. The van der Waals surface area contributed by atoms with Gasteiger partial charge in [0.15, 0.2) is 0 Å². The number of likely N-dealkylation sites (tertiary alicyclic amines) is 1. The molecule has 1 aliphatic carbocycles. The van der Waals surface area contributed by atoms with E-state index in [2.05, 4.69) is 24.4 Å². The van der Waals surface area contributed by atoms with Gasteiger partial charge >= 0.3 is 0 Å². The molecule has 2 aromatic rings. The molecule has 2 aliphatic rings. The molecule has 0 radical (unpaired) electrons. The number of nitrogens with zero attached hydrogens (tertiary/aromatic N) is 1. The average Bonchev–Trinajstić information content (AvgIpc) is 3.13. The van der Waals surface area contributed by atoms with Gasteiger partial charge in [-0.05, 0) is 48.3 Å². The number of hydrogen-bond donors (Lipinski definition) is 1. The van der Waals surface area contributed by atoms with Crippen molar-refractivity contribution in [2.45, 2.75) is 25.7 Å². The second-order valence-electron chi connectivity index (χ2n) is 7.45. The summed E-state index contributed by atoms with van der Waals surface area (Å²) in [5.74, 6) is 0.655. The number of aryl methyl sites for hydroxylation is 1. The number of benzene rings is 1. The molecule has 2 fully saturated rings. The van der Waals surface area contributed by atoms with Crippen LogP contribution in [0.4, 0.5) is 0 Å². The molecular formula is C21H24N2O2S. The van der Waals surface area contributed by atoms with Crippen LogP contribution in [0, 0.1) is 18.8 Å². The summed E-state index contributed by atoms with van der Waals surface area (Å²) < 4.78 is 0. The monoisotopic (exact) mass is 368 g/mol. The minimum atomic E-state index is -0.182. The summed E-state index contributed by atoms with van der Waals surface area (Å²) in [6.45, 7) is 3.95. The fourth-order valence-corrected chi connectivity index (χ4v) is 4.50. The molecule has 1 aromatic carbocycles. The molecule has 1 saturated heterocycles. The molecule has 2 heterocycles. The Bertz CT molecular complexity index is 798. The van der Waals surface area contributed by atoms with Crippen LogP contribution in [-0.4, -0.2) is 36.3 Å². The van der Waals surface area contributed by atoms with E-state index >= 15 is 0 Å². The third-order valence-electron chi connectivity index (χ3n) is 5.53. The lowest BCUT2D eigenvalue weighted by atomic mass is 9.86. The van der Waals surface area contributed by atoms with Gasteiger partial charge in [-0.25, -0.2) is 0 Å². The van der Waals surface area contributed by atoms with Gasteiger partial charge in [0.1, 0.15) is 0 Å². The fourth-order valence-electron chi connectivity index (χ4n) is 3.81. The summed E-state index contributed by atoms with van der Waals surface area (Å²) in [7, 11) is 0. The van der Waals surface area contributed by atoms with Crippen LogP contribution in [0.2, 0.25) is 0 Å². The van der Waals surface area contributed by atoms with Gasteiger partial charge in [0.2, 0.25) is 5.91 Å². The Balaban J connectivity index is 1.56. The van der Waals surface area contributed by atoms with Crippen LogP contribution < -0.4 is 5.32 Å². The van der Waals surface area contributed by atoms with Crippen molar-refractivity contribution in [1.29, 1.82) is 0 Å². The molecule has 136 valence electrons. The maximum atomic E-state index is 12.9. The second-order valence-corrected chi connectivity index (χ2v) is 8.39. The van der Waals surface area contributed by atoms with Crippen LogP contribution in [0.5, 0.6) is 0 Å². The number of nitrogens with one attached hydrogen (secondary N) is 1. The van der Waals surface area contributed by atoms with Crippen LogP contribution in [0.1, 0.15) is 39.6 Å². The molecule has 1 aromatic heterocycles. The van der Waals surface area contributed by atoms with Gasteiger partial charge in [-0.2, -0.15) is 0 Å². The predicted octanol–water partition coefficient (Wildman–Crippen LogP) is 3.44. The van der Waals surface area contributed by atoms with Crippen molar-refractivity contribution < 1.29 is 9.59 Å². The van der Waals surface area contributed by atoms with Gasteiger partial charge in [0.05, 0.1) is 10.8 Å². The van der Waals surface area contributed by atoms with Gasteiger partial charge in [0, 0.05) is 25.6 Å². The van der Waals surface area contributed by atoms with Crippen molar-refractivity contribution in [2.75, 3.05) is 19.6 Å². The molecule has 2 amide bonds. The number of carbonyl (C=O) groups is 2. The van der Waals surface area contributed by atoms with E-state index in [9.17, 15) is 9.59 Å². The van der Waals surface area contributed by atoms with Gasteiger partial charge in [-0.3, -0.25) is 9.59 Å². The number of thiophene rings is 1. The topological polar surface area (TPSA) is 49.4 Å². The number of amides is 2. The maximum absolute atomic E-state index is 12.9. The van der Waals surface area contributed by atoms with E-state index in [1.165, 1.54) is 35.3 Å². The molecule has 1 saturated carbocycles. The standard InChI is InChI=1S/C21H24N2O2S/c1-14-5-2-3-6-16(14)17-12-23(21(25)19-7-4-10-26-19)13-18(17)20(24)22-11-15-8-9-15/h2-7,10,15,17-18H,8-9,11-13H2,1H3,(H,22,24)/t17-,18+/m1/s1. The lowest BCUT2D eigenvalue weighted by molar-refractivity contribution is -0.125. The highest BCUT2D eigenvalue weighted by Crippen LogP contribution is 2.36. The van der Waals surface area contributed by atoms with E-state index in [1.807, 2.05) is 34.5 Å². The first-order chi connectivity index (χ1) is 12.6. The van der Waals surface area contributed by atoms with Crippen molar-refractivity contribution in [2.24, 2.45) is 11.8 Å². The highest BCUT2D eigenvalue weighted by molar-refractivity contribution is 7.12. The SMILES string of the molecule is Cc1ccccc1[C@H]1CN(C(=O)c2cccs2)C[C@@H]1C(=O)NCC1CC1. The zero-order valence-electron chi connectivity index (χ0n) is 15.0. The molecule has 2 atom stereocenters. The van der Waals surface area contributed by atoms with Crippen LogP contribution in [0.3, 0.4) is 0 Å². The lowest BCUT2D eigenvalue weighted by Crippen LogP contribution is -2.36. The minimum absolute atomic E-state index is 0.0380. The molecule has 0 bridgehead atoms.